The molecular weight excluding hydrogens is 188 g/mol. The number of nitrogens with zero attached hydrogens (tertiary/aromatic N) is 2. The Hall–Kier alpha value is -0.830. The van der Waals surface area contributed by atoms with Crippen LogP contribution in [-0.2, 0) is 13.5 Å². The number of rotatable bonds is 5. The van der Waals surface area contributed by atoms with Gasteiger partial charge in [0.25, 0.3) is 0 Å². The Labute approximate surface area is 92.1 Å². The molecule has 0 fully saturated rings. The fraction of sp³-hybridized carbons (Fsp3) is 0.750. The summed E-state index contributed by atoms with van der Waals surface area (Å²) in [6, 6.07) is 2.04. The molecule has 0 aliphatic carbocycles. The van der Waals surface area contributed by atoms with Crippen LogP contribution in [0, 0.1) is 11.8 Å². The molecule has 0 aliphatic rings. The minimum Gasteiger partial charge on any atom is -0.393 e. The van der Waals surface area contributed by atoms with E-state index in [1.165, 1.54) is 5.69 Å². The summed E-state index contributed by atoms with van der Waals surface area (Å²) in [6.07, 6.45) is 3.61. The van der Waals surface area contributed by atoms with Crippen LogP contribution in [0.15, 0.2) is 12.3 Å². The third-order valence-corrected chi connectivity index (χ3v) is 3.13. The molecule has 1 aromatic rings. The van der Waals surface area contributed by atoms with Crippen LogP contribution in [0.3, 0.4) is 0 Å². The minimum absolute atomic E-state index is 0.224. The highest BCUT2D eigenvalue weighted by Gasteiger charge is 2.18. The van der Waals surface area contributed by atoms with Crippen molar-refractivity contribution in [2.24, 2.45) is 18.9 Å². The molecule has 1 aromatic heterocycles. The van der Waals surface area contributed by atoms with Gasteiger partial charge in [-0.1, -0.05) is 13.8 Å². The fourth-order valence-corrected chi connectivity index (χ4v) is 2.09. The molecule has 1 N–H and O–H groups in total. The Balaban J connectivity index is 2.51. The van der Waals surface area contributed by atoms with Crippen molar-refractivity contribution in [1.29, 1.82) is 0 Å². The molecule has 0 bridgehead atoms. The van der Waals surface area contributed by atoms with Crippen LogP contribution in [0.25, 0.3) is 0 Å². The van der Waals surface area contributed by atoms with Gasteiger partial charge in [-0.3, -0.25) is 4.68 Å². The first-order valence-electron chi connectivity index (χ1n) is 5.67. The lowest BCUT2D eigenvalue weighted by Crippen LogP contribution is -2.23. The lowest BCUT2D eigenvalue weighted by atomic mass is 9.86. The predicted molar refractivity (Wildman–Crippen MR) is 61.5 cm³/mol. The van der Waals surface area contributed by atoms with Crippen LogP contribution < -0.4 is 0 Å². The highest BCUT2D eigenvalue weighted by molar-refractivity contribution is 5.00. The van der Waals surface area contributed by atoms with E-state index in [1.54, 1.807) is 0 Å². The number of hydrogen-bond acceptors (Lipinski definition) is 2. The van der Waals surface area contributed by atoms with Crippen molar-refractivity contribution in [2.75, 3.05) is 0 Å². The molecule has 2 atom stereocenters. The standard InChI is InChI=1S/C12H22N2O/c1-9(2)12(10(3)15)6-5-11-7-8-13-14(11)4/h7-10,12,15H,5-6H2,1-4H3. The average molecular weight is 210 g/mol. The molecule has 3 heteroatoms. The maximum Gasteiger partial charge on any atom is 0.0542 e. The molecule has 86 valence electrons. The lowest BCUT2D eigenvalue weighted by Gasteiger charge is -2.23. The van der Waals surface area contributed by atoms with Crippen molar-refractivity contribution < 1.29 is 5.11 Å². The summed E-state index contributed by atoms with van der Waals surface area (Å²) >= 11 is 0. The number of aliphatic hydroxyl groups excluding tert-OH is 1. The summed E-state index contributed by atoms with van der Waals surface area (Å²) < 4.78 is 1.90. The van der Waals surface area contributed by atoms with Crippen LogP contribution in [0.2, 0.25) is 0 Å². The van der Waals surface area contributed by atoms with Crippen molar-refractivity contribution in [1.82, 2.24) is 9.78 Å². The van der Waals surface area contributed by atoms with Crippen LogP contribution in [0.1, 0.15) is 32.9 Å². The molecule has 0 radical (unpaired) electrons. The highest BCUT2D eigenvalue weighted by Crippen LogP contribution is 2.21. The quantitative estimate of drug-likeness (QED) is 0.807. The van der Waals surface area contributed by atoms with Crippen molar-refractivity contribution >= 4 is 0 Å². The van der Waals surface area contributed by atoms with E-state index in [-0.39, 0.29) is 6.10 Å². The van der Waals surface area contributed by atoms with Crippen LogP contribution in [0.5, 0.6) is 0 Å². The molecule has 0 saturated heterocycles. The summed E-state index contributed by atoms with van der Waals surface area (Å²) in [5.74, 6) is 0.901. The highest BCUT2D eigenvalue weighted by atomic mass is 16.3. The third kappa shape index (κ3) is 3.34. The summed E-state index contributed by atoms with van der Waals surface area (Å²) in [5.41, 5.74) is 1.24. The topological polar surface area (TPSA) is 38.0 Å². The predicted octanol–water partition coefficient (Wildman–Crippen LogP) is 2.01. The van der Waals surface area contributed by atoms with Crippen molar-refractivity contribution in [3.63, 3.8) is 0 Å². The number of aryl methyl sites for hydroxylation is 2. The molecule has 0 amide bonds. The maximum atomic E-state index is 9.66. The van der Waals surface area contributed by atoms with Gasteiger partial charge in [0.1, 0.15) is 0 Å². The van der Waals surface area contributed by atoms with E-state index in [0.717, 1.165) is 12.8 Å². The van der Waals surface area contributed by atoms with Crippen molar-refractivity contribution in [2.45, 2.75) is 39.7 Å². The van der Waals surface area contributed by atoms with E-state index in [9.17, 15) is 5.11 Å². The SMILES string of the molecule is CC(C)C(CCc1ccnn1C)C(C)O. The molecule has 1 heterocycles. The van der Waals surface area contributed by atoms with Gasteiger partial charge in [-0.15, -0.1) is 0 Å². The molecule has 3 nitrogen and oxygen atoms in total. The summed E-state index contributed by atoms with van der Waals surface area (Å²) in [7, 11) is 1.96. The largest absolute Gasteiger partial charge is 0.393 e. The molecule has 0 saturated carbocycles. The smallest absolute Gasteiger partial charge is 0.0542 e. The molecule has 15 heavy (non-hydrogen) atoms. The third-order valence-electron chi connectivity index (χ3n) is 3.13. The molecule has 2 unspecified atom stereocenters. The van der Waals surface area contributed by atoms with Gasteiger partial charge in [-0.25, -0.2) is 0 Å². The van der Waals surface area contributed by atoms with E-state index in [2.05, 4.69) is 18.9 Å². The van der Waals surface area contributed by atoms with E-state index < -0.39 is 0 Å². The summed E-state index contributed by atoms with van der Waals surface area (Å²) in [4.78, 5) is 0. The second-order valence-corrected chi connectivity index (χ2v) is 4.63. The van der Waals surface area contributed by atoms with Gasteiger partial charge in [0.05, 0.1) is 6.10 Å². The summed E-state index contributed by atoms with van der Waals surface area (Å²) in [6.45, 7) is 6.22. The van der Waals surface area contributed by atoms with E-state index in [1.807, 2.05) is 30.9 Å². The van der Waals surface area contributed by atoms with Crippen LogP contribution in [-0.4, -0.2) is 21.0 Å². The second kappa shape index (κ2) is 5.31. The van der Waals surface area contributed by atoms with Crippen LogP contribution >= 0.6 is 0 Å². The molecule has 1 rings (SSSR count). The van der Waals surface area contributed by atoms with Gasteiger partial charge in [-0.2, -0.15) is 5.10 Å². The first-order valence-corrected chi connectivity index (χ1v) is 5.67. The van der Waals surface area contributed by atoms with Crippen molar-refractivity contribution in [3.05, 3.63) is 18.0 Å². The van der Waals surface area contributed by atoms with E-state index >= 15 is 0 Å². The first kappa shape index (κ1) is 12.2. The Bertz CT molecular complexity index is 284. The van der Waals surface area contributed by atoms with Gasteiger partial charge < -0.3 is 5.11 Å². The zero-order valence-corrected chi connectivity index (χ0v) is 10.1. The zero-order valence-electron chi connectivity index (χ0n) is 10.1. The maximum absolute atomic E-state index is 9.66. The Kier molecular flexibility index (Phi) is 4.33. The van der Waals surface area contributed by atoms with E-state index in [0.29, 0.717) is 11.8 Å². The van der Waals surface area contributed by atoms with Gasteiger partial charge in [0.2, 0.25) is 0 Å². The van der Waals surface area contributed by atoms with Crippen molar-refractivity contribution in [3.8, 4) is 0 Å². The minimum atomic E-state index is -0.224. The second-order valence-electron chi connectivity index (χ2n) is 4.63. The number of aromatic nitrogens is 2. The van der Waals surface area contributed by atoms with Gasteiger partial charge in [-0.05, 0) is 37.7 Å². The van der Waals surface area contributed by atoms with Gasteiger partial charge in [0, 0.05) is 18.9 Å². The lowest BCUT2D eigenvalue weighted by molar-refractivity contribution is 0.0918. The average Bonchev–Trinajstić information content (AvgIpc) is 2.51. The van der Waals surface area contributed by atoms with Gasteiger partial charge >= 0.3 is 0 Å². The Morgan fingerprint density at radius 3 is 2.47 bits per heavy atom. The molecule has 0 aliphatic heterocycles. The Morgan fingerprint density at radius 2 is 2.07 bits per heavy atom. The number of aliphatic hydroxyl groups is 1. The molecule has 0 spiro atoms. The zero-order chi connectivity index (χ0) is 11.4. The molecule has 0 aromatic carbocycles. The first-order chi connectivity index (χ1) is 7.02. The molecular formula is C12H22N2O. The van der Waals surface area contributed by atoms with E-state index in [4.69, 9.17) is 0 Å². The fourth-order valence-electron chi connectivity index (χ4n) is 2.09. The van der Waals surface area contributed by atoms with Crippen LogP contribution in [0.4, 0.5) is 0 Å². The Morgan fingerprint density at radius 1 is 1.40 bits per heavy atom. The van der Waals surface area contributed by atoms with Gasteiger partial charge in [0.15, 0.2) is 0 Å². The number of hydrogen-bond donors (Lipinski definition) is 1. The normalized spacial score (nSPS) is 15.6. The monoisotopic (exact) mass is 210 g/mol. The summed E-state index contributed by atoms with van der Waals surface area (Å²) in [5, 5.41) is 13.8.